The number of amides is 1. The van der Waals surface area contributed by atoms with Gasteiger partial charge in [-0.25, -0.2) is 0 Å². The number of hydrogen-bond acceptors (Lipinski definition) is 3. The molecule has 6 nitrogen and oxygen atoms in total. The van der Waals surface area contributed by atoms with Crippen molar-refractivity contribution in [3.63, 3.8) is 0 Å². The zero-order valence-electron chi connectivity index (χ0n) is 16.0. The second-order valence-corrected chi connectivity index (χ2v) is 7.63. The van der Waals surface area contributed by atoms with Gasteiger partial charge in [-0.2, -0.15) is 0 Å². The maximum atomic E-state index is 12.1. The number of carbonyl (C=O) groups excluding carboxylic acids is 1. The summed E-state index contributed by atoms with van der Waals surface area (Å²) in [5.41, 5.74) is 0.304. The van der Waals surface area contributed by atoms with Crippen LogP contribution in [0.5, 0.6) is 0 Å². The van der Waals surface area contributed by atoms with Gasteiger partial charge in [-0.1, -0.05) is 32.1 Å². The standard InChI is InChI=1S/C19H36N4O2/c1-20-18(21-14-17(24)23-16-8-4-3-5-9-16)22-15-19(12-13-25-2)10-6-7-11-19/h16H,3-15H2,1-2H3,(H,23,24)(H2,20,21,22). The van der Waals surface area contributed by atoms with Gasteiger partial charge in [0.05, 0.1) is 6.54 Å². The second kappa shape index (κ2) is 10.6. The summed E-state index contributed by atoms with van der Waals surface area (Å²) in [6.45, 7) is 1.97. The van der Waals surface area contributed by atoms with Gasteiger partial charge in [0.25, 0.3) is 0 Å². The Morgan fingerprint density at radius 1 is 1.12 bits per heavy atom. The van der Waals surface area contributed by atoms with Gasteiger partial charge >= 0.3 is 0 Å². The summed E-state index contributed by atoms with van der Waals surface area (Å²) < 4.78 is 5.29. The molecule has 0 aromatic heterocycles. The molecule has 1 amide bonds. The quantitative estimate of drug-likeness (QED) is 0.462. The third-order valence-electron chi connectivity index (χ3n) is 5.74. The normalized spacial score (nSPS) is 21.1. The van der Waals surface area contributed by atoms with E-state index in [-0.39, 0.29) is 12.5 Å². The predicted molar refractivity (Wildman–Crippen MR) is 102 cm³/mol. The predicted octanol–water partition coefficient (Wildman–Crippen LogP) is 2.20. The van der Waals surface area contributed by atoms with Gasteiger partial charge in [-0.3, -0.25) is 9.79 Å². The maximum Gasteiger partial charge on any atom is 0.239 e. The Kier molecular flexibility index (Phi) is 8.52. The molecule has 2 aliphatic rings. The molecule has 0 heterocycles. The molecule has 0 saturated heterocycles. The Morgan fingerprint density at radius 2 is 1.84 bits per heavy atom. The SMILES string of the molecule is CN=C(NCC(=O)NC1CCCCC1)NCC1(CCOC)CCCC1. The molecule has 0 spiro atoms. The minimum Gasteiger partial charge on any atom is -0.385 e. The summed E-state index contributed by atoms with van der Waals surface area (Å²) in [6, 6.07) is 0.355. The van der Waals surface area contributed by atoms with E-state index >= 15 is 0 Å². The Balaban J connectivity index is 1.71. The van der Waals surface area contributed by atoms with Crippen molar-refractivity contribution in [2.75, 3.05) is 33.9 Å². The molecule has 0 radical (unpaired) electrons. The van der Waals surface area contributed by atoms with Crippen LogP contribution in [0.2, 0.25) is 0 Å². The molecule has 2 saturated carbocycles. The third-order valence-corrected chi connectivity index (χ3v) is 5.74. The summed E-state index contributed by atoms with van der Waals surface area (Å²) in [7, 11) is 3.52. The van der Waals surface area contributed by atoms with Crippen molar-refractivity contribution in [1.29, 1.82) is 0 Å². The van der Waals surface area contributed by atoms with Crippen LogP contribution in [0, 0.1) is 5.41 Å². The molecule has 144 valence electrons. The first-order valence-electron chi connectivity index (χ1n) is 9.90. The summed E-state index contributed by atoms with van der Waals surface area (Å²) in [6.07, 6.45) is 12.1. The third kappa shape index (κ3) is 6.84. The number of nitrogens with one attached hydrogen (secondary N) is 3. The number of aliphatic imine (C=N–C) groups is 1. The molecule has 2 fully saturated rings. The van der Waals surface area contributed by atoms with Crippen LogP contribution in [-0.2, 0) is 9.53 Å². The van der Waals surface area contributed by atoms with Gasteiger partial charge in [0.15, 0.2) is 5.96 Å². The first-order valence-corrected chi connectivity index (χ1v) is 9.90. The van der Waals surface area contributed by atoms with Gasteiger partial charge in [-0.15, -0.1) is 0 Å². The van der Waals surface area contributed by atoms with Gasteiger partial charge < -0.3 is 20.7 Å². The van der Waals surface area contributed by atoms with Crippen molar-refractivity contribution in [3.05, 3.63) is 0 Å². The lowest BCUT2D eigenvalue weighted by molar-refractivity contribution is -0.120. The van der Waals surface area contributed by atoms with Gasteiger partial charge in [0, 0.05) is 33.4 Å². The number of rotatable bonds is 8. The Labute approximate surface area is 152 Å². The lowest BCUT2D eigenvalue weighted by atomic mass is 9.83. The summed E-state index contributed by atoms with van der Waals surface area (Å²) >= 11 is 0. The Hall–Kier alpha value is -1.30. The average molecular weight is 353 g/mol. The number of carbonyl (C=O) groups is 1. The van der Waals surface area contributed by atoms with Crippen molar-refractivity contribution in [3.8, 4) is 0 Å². The van der Waals surface area contributed by atoms with Crippen LogP contribution in [0.25, 0.3) is 0 Å². The lowest BCUT2D eigenvalue weighted by Crippen LogP contribution is -2.48. The van der Waals surface area contributed by atoms with Crippen molar-refractivity contribution in [2.24, 2.45) is 10.4 Å². The zero-order valence-corrected chi connectivity index (χ0v) is 16.0. The number of methoxy groups -OCH3 is 1. The number of hydrogen-bond donors (Lipinski definition) is 3. The largest absolute Gasteiger partial charge is 0.385 e. The molecule has 0 atom stereocenters. The van der Waals surface area contributed by atoms with E-state index in [0.29, 0.717) is 17.4 Å². The first-order chi connectivity index (χ1) is 12.2. The molecular weight excluding hydrogens is 316 g/mol. The van der Waals surface area contributed by atoms with Crippen LogP contribution in [0.15, 0.2) is 4.99 Å². The summed E-state index contributed by atoms with van der Waals surface area (Å²) in [4.78, 5) is 16.4. The number of nitrogens with zero attached hydrogens (tertiary/aromatic N) is 1. The van der Waals surface area contributed by atoms with E-state index in [9.17, 15) is 4.79 Å². The molecule has 3 N–H and O–H groups in total. The molecule has 2 aliphatic carbocycles. The smallest absolute Gasteiger partial charge is 0.239 e. The highest BCUT2D eigenvalue weighted by atomic mass is 16.5. The van der Waals surface area contributed by atoms with Gasteiger partial charge in [0.1, 0.15) is 0 Å². The van der Waals surface area contributed by atoms with E-state index in [2.05, 4.69) is 20.9 Å². The van der Waals surface area contributed by atoms with E-state index in [0.717, 1.165) is 32.4 Å². The van der Waals surface area contributed by atoms with E-state index in [4.69, 9.17) is 4.74 Å². The molecule has 0 unspecified atom stereocenters. The maximum absolute atomic E-state index is 12.1. The minimum atomic E-state index is 0.0600. The van der Waals surface area contributed by atoms with Crippen molar-refractivity contribution >= 4 is 11.9 Å². The van der Waals surface area contributed by atoms with Gasteiger partial charge in [-0.05, 0) is 37.5 Å². The first kappa shape index (κ1) is 20.0. The van der Waals surface area contributed by atoms with Crippen LogP contribution in [0.4, 0.5) is 0 Å². The minimum absolute atomic E-state index is 0.0600. The van der Waals surface area contributed by atoms with E-state index < -0.39 is 0 Å². The van der Waals surface area contributed by atoms with E-state index in [1.54, 1.807) is 14.2 Å². The molecule has 0 bridgehead atoms. The molecule has 0 aromatic carbocycles. The fourth-order valence-corrected chi connectivity index (χ4v) is 4.14. The number of guanidine groups is 1. The summed E-state index contributed by atoms with van der Waals surface area (Å²) in [5.74, 6) is 0.771. The fourth-order valence-electron chi connectivity index (χ4n) is 4.14. The van der Waals surface area contributed by atoms with E-state index in [1.165, 1.54) is 44.9 Å². The molecular formula is C19H36N4O2. The monoisotopic (exact) mass is 352 g/mol. The van der Waals surface area contributed by atoms with Crippen LogP contribution < -0.4 is 16.0 Å². The van der Waals surface area contributed by atoms with Crippen LogP contribution in [0.1, 0.15) is 64.2 Å². The number of ether oxygens (including phenoxy) is 1. The zero-order chi connectivity index (χ0) is 18.0. The Bertz CT molecular complexity index is 427. The topological polar surface area (TPSA) is 74.8 Å². The summed E-state index contributed by atoms with van der Waals surface area (Å²) in [5, 5.41) is 9.71. The highest BCUT2D eigenvalue weighted by molar-refractivity contribution is 5.86. The Morgan fingerprint density at radius 3 is 2.48 bits per heavy atom. The van der Waals surface area contributed by atoms with Crippen LogP contribution in [-0.4, -0.2) is 51.8 Å². The molecule has 6 heteroatoms. The lowest BCUT2D eigenvalue weighted by Gasteiger charge is -2.30. The molecule has 0 aliphatic heterocycles. The van der Waals surface area contributed by atoms with Crippen LogP contribution >= 0.6 is 0 Å². The van der Waals surface area contributed by atoms with Crippen molar-refractivity contribution in [1.82, 2.24) is 16.0 Å². The molecule has 2 rings (SSSR count). The second-order valence-electron chi connectivity index (χ2n) is 7.63. The van der Waals surface area contributed by atoms with Crippen molar-refractivity contribution < 1.29 is 9.53 Å². The highest BCUT2D eigenvalue weighted by Crippen LogP contribution is 2.40. The van der Waals surface area contributed by atoms with Crippen molar-refractivity contribution in [2.45, 2.75) is 70.3 Å². The van der Waals surface area contributed by atoms with Gasteiger partial charge in [0.2, 0.25) is 5.91 Å². The molecule has 25 heavy (non-hydrogen) atoms. The average Bonchev–Trinajstić information content (AvgIpc) is 3.10. The fraction of sp³-hybridized carbons (Fsp3) is 0.895. The van der Waals surface area contributed by atoms with E-state index in [1.807, 2.05) is 0 Å². The molecule has 0 aromatic rings. The van der Waals surface area contributed by atoms with Crippen LogP contribution in [0.3, 0.4) is 0 Å². The highest BCUT2D eigenvalue weighted by Gasteiger charge is 2.33.